The van der Waals surface area contributed by atoms with E-state index in [0.29, 0.717) is 32.5 Å². The van der Waals surface area contributed by atoms with Gasteiger partial charge in [-0.25, -0.2) is 0 Å². The highest BCUT2D eigenvalue weighted by Gasteiger charge is 2.28. The number of hydrogen-bond donors (Lipinski definition) is 1. The van der Waals surface area contributed by atoms with Gasteiger partial charge in [-0.15, -0.1) is 0 Å². The molecule has 0 spiro atoms. The Morgan fingerprint density at radius 3 is 2.50 bits per heavy atom. The Morgan fingerprint density at radius 1 is 1.20 bits per heavy atom. The smallest absolute Gasteiger partial charge is 0.306 e. The number of aliphatic carboxylic acids is 1. The first-order valence-electron chi connectivity index (χ1n) is 7.36. The summed E-state index contributed by atoms with van der Waals surface area (Å²) in [5, 5.41) is 8.95. The van der Waals surface area contributed by atoms with E-state index < -0.39 is 5.97 Å². The predicted octanol–water partition coefficient (Wildman–Crippen LogP) is 0.420. The van der Waals surface area contributed by atoms with Crippen molar-refractivity contribution in [3.63, 3.8) is 0 Å². The Kier molecular flexibility index (Phi) is 5.37. The largest absolute Gasteiger partial charge is 0.481 e. The van der Waals surface area contributed by atoms with Crippen LogP contribution < -0.4 is 0 Å². The van der Waals surface area contributed by atoms with E-state index in [2.05, 4.69) is 4.90 Å². The number of carbonyl (C=O) groups is 2. The van der Waals surface area contributed by atoms with Crippen LogP contribution >= 0.6 is 0 Å². The third-order valence-corrected chi connectivity index (χ3v) is 4.35. The van der Waals surface area contributed by atoms with Crippen LogP contribution in [0.1, 0.15) is 25.7 Å². The number of hydrogen-bond acceptors (Lipinski definition) is 4. The summed E-state index contributed by atoms with van der Waals surface area (Å²) in [7, 11) is 1.71. The van der Waals surface area contributed by atoms with Gasteiger partial charge in [0.25, 0.3) is 0 Å². The van der Waals surface area contributed by atoms with Crippen molar-refractivity contribution in [3.8, 4) is 0 Å². The van der Waals surface area contributed by atoms with Crippen LogP contribution in [0.15, 0.2) is 0 Å². The van der Waals surface area contributed by atoms with E-state index in [-0.39, 0.29) is 17.9 Å². The molecule has 2 saturated heterocycles. The van der Waals surface area contributed by atoms with Crippen molar-refractivity contribution in [3.05, 3.63) is 0 Å². The highest BCUT2D eigenvalue weighted by Crippen LogP contribution is 2.18. The number of piperidine rings is 2. The molecule has 2 aliphatic rings. The fourth-order valence-corrected chi connectivity index (χ4v) is 3.02. The molecule has 2 heterocycles. The Morgan fingerprint density at radius 2 is 1.90 bits per heavy atom. The third-order valence-electron chi connectivity index (χ3n) is 4.35. The minimum atomic E-state index is -0.740. The monoisotopic (exact) mass is 284 g/mol. The Labute approximate surface area is 119 Å². The molecule has 2 rings (SSSR count). The molecule has 6 nitrogen and oxygen atoms in total. The predicted molar refractivity (Wildman–Crippen MR) is 73.4 cm³/mol. The number of rotatable bonds is 4. The van der Waals surface area contributed by atoms with Gasteiger partial charge in [0.2, 0.25) is 5.91 Å². The van der Waals surface area contributed by atoms with Crippen LogP contribution in [0.3, 0.4) is 0 Å². The lowest BCUT2D eigenvalue weighted by Crippen LogP contribution is -2.48. The highest BCUT2D eigenvalue weighted by atomic mass is 16.5. The van der Waals surface area contributed by atoms with Crippen molar-refractivity contribution in [2.45, 2.75) is 31.8 Å². The maximum absolute atomic E-state index is 12.2. The Balaban J connectivity index is 1.76. The zero-order valence-corrected chi connectivity index (χ0v) is 12.1. The summed E-state index contributed by atoms with van der Waals surface area (Å²) in [5.41, 5.74) is 0. The van der Waals surface area contributed by atoms with E-state index in [4.69, 9.17) is 9.84 Å². The zero-order chi connectivity index (χ0) is 14.5. The SMILES string of the molecule is COC1CCCN(CC(=O)N2CCC(C(=O)O)CC2)C1. The number of amides is 1. The van der Waals surface area contributed by atoms with E-state index in [1.54, 1.807) is 12.0 Å². The molecule has 0 radical (unpaired) electrons. The van der Waals surface area contributed by atoms with Crippen molar-refractivity contribution in [1.29, 1.82) is 0 Å². The van der Waals surface area contributed by atoms with Crippen molar-refractivity contribution >= 4 is 11.9 Å². The zero-order valence-electron chi connectivity index (χ0n) is 12.1. The van der Waals surface area contributed by atoms with Gasteiger partial charge in [0.05, 0.1) is 18.6 Å². The summed E-state index contributed by atoms with van der Waals surface area (Å²) in [5.74, 6) is -0.909. The molecular weight excluding hydrogens is 260 g/mol. The maximum atomic E-state index is 12.2. The third kappa shape index (κ3) is 3.93. The van der Waals surface area contributed by atoms with E-state index in [0.717, 1.165) is 25.9 Å². The fourth-order valence-electron chi connectivity index (χ4n) is 3.02. The highest BCUT2D eigenvalue weighted by molar-refractivity contribution is 5.79. The molecule has 20 heavy (non-hydrogen) atoms. The number of likely N-dealkylation sites (tertiary alicyclic amines) is 2. The van der Waals surface area contributed by atoms with Crippen LogP contribution in [-0.4, -0.2) is 72.7 Å². The van der Waals surface area contributed by atoms with Crippen LogP contribution in [0.4, 0.5) is 0 Å². The van der Waals surface area contributed by atoms with Gasteiger partial charge in [0.1, 0.15) is 0 Å². The van der Waals surface area contributed by atoms with Crippen molar-refractivity contribution in [1.82, 2.24) is 9.80 Å². The second kappa shape index (κ2) is 7.04. The van der Waals surface area contributed by atoms with Gasteiger partial charge in [-0.05, 0) is 32.2 Å². The van der Waals surface area contributed by atoms with Crippen LogP contribution in [0.2, 0.25) is 0 Å². The van der Waals surface area contributed by atoms with E-state index in [9.17, 15) is 9.59 Å². The molecule has 0 aromatic heterocycles. The molecule has 2 aliphatic heterocycles. The van der Waals surface area contributed by atoms with Gasteiger partial charge < -0.3 is 14.7 Å². The number of carbonyl (C=O) groups excluding carboxylic acids is 1. The molecule has 0 saturated carbocycles. The molecule has 1 unspecified atom stereocenters. The van der Waals surface area contributed by atoms with Gasteiger partial charge in [0, 0.05) is 26.7 Å². The second-order valence-corrected chi connectivity index (χ2v) is 5.73. The molecule has 0 aliphatic carbocycles. The molecule has 0 aromatic carbocycles. The number of carboxylic acid groups (broad SMARTS) is 1. The number of nitrogens with zero attached hydrogens (tertiary/aromatic N) is 2. The van der Waals surface area contributed by atoms with Crippen LogP contribution in [-0.2, 0) is 14.3 Å². The van der Waals surface area contributed by atoms with Crippen molar-refractivity contribution < 1.29 is 19.4 Å². The molecule has 1 amide bonds. The van der Waals surface area contributed by atoms with E-state index in [1.807, 2.05) is 0 Å². The summed E-state index contributed by atoms with van der Waals surface area (Å²) in [6.07, 6.45) is 3.50. The molecule has 0 aromatic rings. The lowest BCUT2D eigenvalue weighted by atomic mass is 9.97. The topological polar surface area (TPSA) is 70.1 Å². The van der Waals surface area contributed by atoms with Crippen LogP contribution in [0.25, 0.3) is 0 Å². The quantitative estimate of drug-likeness (QED) is 0.810. The van der Waals surface area contributed by atoms with Gasteiger partial charge in [-0.2, -0.15) is 0 Å². The summed E-state index contributed by atoms with van der Waals surface area (Å²) >= 11 is 0. The fraction of sp³-hybridized carbons (Fsp3) is 0.857. The number of carboxylic acids is 1. The van der Waals surface area contributed by atoms with Gasteiger partial charge in [-0.1, -0.05) is 0 Å². The first-order valence-corrected chi connectivity index (χ1v) is 7.36. The maximum Gasteiger partial charge on any atom is 0.306 e. The number of ether oxygens (including phenoxy) is 1. The standard InChI is InChI=1S/C14H24N2O4/c1-20-12-3-2-6-15(9-12)10-13(17)16-7-4-11(5-8-16)14(18)19/h11-12H,2-10H2,1H3,(H,18,19). The van der Waals surface area contributed by atoms with Crippen LogP contribution in [0, 0.1) is 5.92 Å². The molecular formula is C14H24N2O4. The average Bonchev–Trinajstić information content (AvgIpc) is 2.47. The van der Waals surface area contributed by atoms with Gasteiger partial charge in [0.15, 0.2) is 0 Å². The summed E-state index contributed by atoms with van der Waals surface area (Å²) in [6, 6.07) is 0. The molecule has 1 atom stereocenters. The Bertz CT molecular complexity index is 353. The van der Waals surface area contributed by atoms with Crippen LogP contribution in [0.5, 0.6) is 0 Å². The molecule has 114 valence electrons. The normalized spacial score (nSPS) is 25.6. The minimum Gasteiger partial charge on any atom is -0.481 e. The molecule has 1 N–H and O–H groups in total. The summed E-state index contributed by atoms with van der Waals surface area (Å²) in [4.78, 5) is 27.1. The van der Waals surface area contributed by atoms with Gasteiger partial charge >= 0.3 is 5.97 Å². The first-order chi connectivity index (χ1) is 9.60. The summed E-state index contributed by atoms with van der Waals surface area (Å²) in [6.45, 7) is 3.32. The van der Waals surface area contributed by atoms with Crippen molar-refractivity contribution in [2.75, 3.05) is 39.8 Å². The molecule has 2 fully saturated rings. The van der Waals surface area contributed by atoms with E-state index in [1.165, 1.54) is 0 Å². The average molecular weight is 284 g/mol. The molecule has 6 heteroatoms. The summed E-state index contributed by atoms with van der Waals surface area (Å²) < 4.78 is 5.36. The second-order valence-electron chi connectivity index (χ2n) is 5.73. The Hall–Kier alpha value is -1.14. The minimum absolute atomic E-state index is 0.116. The lowest BCUT2D eigenvalue weighted by molar-refractivity contribution is -0.146. The first kappa shape index (κ1) is 15.3. The van der Waals surface area contributed by atoms with Crippen molar-refractivity contribution in [2.24, 2.45) is 5.92 Å². The van der Waals surface area contributed by atoms with Gasteiger partial charge in [-0.3, -0.25) is 14.5 Å². The lowest BCUT2D eigenvalue weighted by Gasteiger charge is -2.35. The molecule has 0 bridgehead atoms. The van der Waals surface area contributed by atoms with E-state index >= 15 is 0 Å². The number of methoxy groups -OCH3 is 1.